The molecule has 9 aromatic rings. The molecule has 6 aromatic heterocycles. The topological polar surface area (TPSA) is 121 Å². The lowest BCUT2D eigenvalue weighted by Gasteiger charge is -2.23. The largest absolute Gasteiger partial charge is 0.411 e. The van der Waals surface area contributed by atoms with Gasteiger partial charge in [-0.1, -0.05) is 81.5 Å². The lowest BCUT2D eigenvalue weighted by atomic mass is 9.81. The fraction of sp³-hybridized carbons (Fsp3) is 0.158. The smallest absolute Gasteiger partial charge is 0.173 e. The van der Waals surface area contributed by atoms with Crippen molar-refractivity contribution in [3.8, 4) is 31.3 Å². The summed E-state index contributed by atoms with van der Waals surface area (Å²) in [7, 11) is 0. The second-order valence-electron chi connectivity index (χ2n) is 17.3. The average Bonchev–Trinajstić information content (AvgIpc) is 4.20. The second-order valence-corrected chi connectivity index (χ2v) is 21.8. The first-order chi connectivity index (χ1) is 34.7. The normalized spacial score (nSPS) is 18.1. The van der Waals surface area contributed by atoms with Crippen LogP contribution in [0.4, 0.5) is 0 Å². The van der Waals surface area contributed by atoms with Crippen molar-refractivity contribution in [3.05, 3.63) is 228 Å². The van der Waals surface area contributed by atoms with Crippen LogP contribution in [0.5, 0.6) is 0 Å². The molecule has 0 amide bonds. The molecule has 0 saturated heterocycles. The van der Waals surface area contributed by atoms with Gasteiger partial charge in [0.15, 0.2) is 5.78 Å². The first-order valence-corrected chi connectivity index (χ1v) is 26.7. The van der Waals surface area contributed by atoms with Gasteiger partial charge in [0.05, 0.1) is 26.1 Å². The van der Waals surface area contributed by atoms with Crippen LogP contribution in [0.15, 0.2) is 175 Å². The lowest BCUT2D eigenvalue weighted by molar-refractivity contribution is 0.0974. The second kappa shape index (κ2) is 22.0. The van der Waals surface area contributed by atoms with E-state index in [4.69, 9.17) is 34.8 Å². The Morgan fingerprint density at radius 1 is 0.423 bits per heavy atom. The number of thiophene rings is 3. The van der Waals surface area contributed by atoms with E-state index in [0.29, 0.717) is 18.3 Å². The van der Waals surface area contributed by atoms with Crippen LogP contribution in [0.25, 0.3) is 31.3 Å². The Morgan fingerprint density at radius 2 is 0.718 bits per heavy atom. The van der Waals surface area contributed by atoms with Gasteiger partial charge in [-0.05, 0) is 173 Å². The van der Waals surface area contributed by atoms with E-state index < -0.39 is 0 Å². The number of halogens is 3. The summed E-state index contributed by atoms with van der Waals surface area (Å²) < 4.78 is 0. The number of oxime groups is 2. The molecule has 6 heterocycles. The maximum Gasteiger partial charge on any atom is 0.173 e. The van der Waals surface area contributed by atoms with E-state index in [9.17, 15) is 15.2 Å². The molecule has 3 aromatic carbocycles. The monoisotopic (exact) mass is 1050 g/mol. The SMILES string of the molecule is O/N=C1/CCC(c2ccc(Cl)cc2)c2cc(-c3ccncc3)sc21.O/N=C1\CCC(c2ccc(Cl)cc2)c2cc(-c3ccncc3)sc21.O=C1CCC(c2ccc(Cl)cc2)c2cc(-c3ccncc3)sc21. The molecule has 0 fully saturated rings. The fourth-order valence-corrected chi connectivity index (χ4v) is 13.6. The quantitative estimate of drug-likeness (QED) is 0.126. The van der Waals surface area contributed by atoms with Crippen molar-refractivity contribution < 1.29 is 15.2 Å². The van der Waals surface area contributed by atoms with Crippen LogP contribution in [0.1, 0.15) is 109 Å². The highest BCUT2D eigenvalue weighted by molar-refractivity contribution is 7.18. The van der Waals surface area contributed by atoms with Crippen LogP contribution in [-0.2, 0) is 0 Å². The van der Waals surface area contributed by atoms with Crippen molar-refractivity contribution in [3.63, 3.8) is 0 Å². The Morgan fingerprint density at radius 3 is 1.04 bits per heavy atom. The summed E-state index contributed by atoms with van der Waals surface area (Å²) in [6, 6.07) is 42.6. The Labute approximate surface area is 438 Å². The van der Waals surface area contributed by atoms with E-state index in [1.807, 2.05) is 72.8 Å². The standard InChI is InChI=1S/2C19H15ClN2OS.C19H14ClNOS/c2*20-14-3-1-12(2-4-14)15-5-6-17(22-23)19-16(15)11-18(24-19)13-7-9-21-10-8-13;20-14-3-1-12(2-4-14)15-5-6-17(22)19-16(15)11-18(23-19)13-7-9-21-10-8-13/h2*1-4,7-11,15,23H,5-6H2;1-4,7-11,15H,5-6H2/b22-17+;22-17-;. The molecular formula is C57H44Cl3N5O3S3. The molecule has 3 unspecified atom stereocenters. The van der Waals surface area contributed by atoms with Crippen molar-refractivity contribution in [2.24, 2.45) is 10.3 Å². The Hall–Kier alpha value is -6.31. The number of hydrogen-bond acceptors (Lipinski definition) is 11. The van der Waals surface area contributed by atoms with Gasteiger partial charge in [0.1, 0.15) is 0 Å². The predicted octanol–water partition coefficient (Wildman–Crippen LogP) is 16.7. The molecule has 3 aliphatic carbocycles. The summed E-state index contributed by atoms with van der Waals surface area (Å²) in [5, 5.41) is 28.1. The zero-order valence-electron chi connectivity index (χ0n) is 38.0. The van der Waals surface area contributed by atoms with E-state index >= 15 is 0 Å². The Kier molecular flexibility index (Phi) is 15.0. The maximum atomic E-state index is 12.3. The number of carbonyl (C=O) groups excluding carboxylic acids is 1. The number of rotatable bonds is 6. The van der Waals surface area contributed by atoms with Crippen LogP contribution in [0.3, 0.4) is 0 Å². The molecule has 354 valence electrons. The summed E-state index contributed by atoms with van der Waals surface area (Å²) in [6.07, 6.45) is 15.6. The number of aromatic nitrogens is 3. The third kappa shape index (κ3) is 10.7. The van der Waals surface area contributed by atoms with E-state index in [2.05, 4.69) is 79.9 Å². The minimum atomic E-state index is 0.260. The zero-order chi connectivity index (χ0) is 48.8. The molecule has 8 nitrogen and oxygen atoms in total. The summed E-state index contributed by atoms with van der Waals surface area (Å²) in [6.45, 7) is 0. The van der Waals surface area contributed by atoms with Crippen LogP contribution in [-0.4, -0.2) is 42.6 Å². The number of ketones is 1. The highest BCUT2D eigenvalue weighted by Crippen LogP contribution is 2.47. The molecule has 71 heavy (non-hydrogen) atoms. The molecule has 3 atom stereocenters. The van der Waals surface area contributed by atoms with Gasteiger partial charge in [-0.25, -0.2) is 0 Å². The molecule has 3 aliphatic rings. The van der Waals surface area contributed by atoms with E-state index in [0.717, 1.165) is 100 Å². The Bertz CT molecular complexity index is 3190. The number of pyridine rings is 3. The van der Waals surface area contributed by atoms with Crippen LogP contribution in [0.2, 0.25) is 15.1 Å². The van der Waals surface area contributed by atoms with Gasteiger partial charge < -0.3 is 10.4 Å². The van der Waals surface area contributed by atoms with Crippen molar-refractivity contribution in [1.29, 1.82) is 0 Å². The Balaban J connectivity index is 0.000000123. The number of benzene rings is 3. The molecule has 0 aliphatic heterocycles. The number of nitrogens with zero attached hydrogens (tertiary/aromatic N) is 5. The van der Waals surface area contributed by atoms with Crippen molar-refractivity contribution in [1.82, 2.24) is 15.0 Å². The van der Waals surface area contributed by atoms with E-state index in [1.54, 1.807) is 71.2 Å². The summed E-state index contributed by atoms with van der Waals surface area (Å²) in [5.74, 6) is 1.13. The highest BCUT2D eigenvalue weighted by atomic mass is 35.5. The first kappa shape index (κ1) is 48.3. The summed E-state index contributed by atoms with van der Waals surface area (Å²) in [5.41, 5.74) is 12.3. The van der Waals surface area contributed by atoms with Gasteiger partial charge in [0.2, 0.25) is 0 Å². The van der Waals surface area contributed by atoms with Gasteiger partial charge in [-0.3, -0.25) is 19.7 Å². The minimum absolute atomic E-state index is 0.260. The maximum absolute atomic E-state index is 12.3. The molecule has 0 bridgehead atoms. The highest BCUT2D eigenvalue weighted by Gasteiger charge is 2.32. The molecule has 0 spiro atoms. The predicted molar refractivity (Wildman–Crippen MR) is 291 cm³/mol. The van der Waals surface area contributed by atoms with Crippen molar-refractivity contribution in [2.45, 2.75) is 56.3 Å². The molecule has 0 saturated carbocycles. The van der Waals surface area contributed by atoms with Gasteiger partial charge >= 0.3 is 0 Å². The zero-order valence-corrected chi connectivity index (χ0v) is 42.7. The van der Waals surface area contributed by atoms with Gasteiger partial charge in [-0.15, -0.1) is 34.0 Å². The number of hydrogen-bond donors (Lipinski definition) is 2. The lowest BCUT2D eigenvalue weighted by Crippen LogP contribution is -2.14. The molecular weight excluding hydrogens is 1010 g/mol. The number of fused-ring (bicyclic) bond motifs is 3. The van der Waals surface area contributed by atoms with Crippen LogP contribution in [0, 0.1) is 0 Å². The van der Waals surface area contributed by atoms with Crippen LogP contribution < -0.4 is 0 Å². The molecule has 0 radical (unpaired) electrons. The van der Waals surface area contributed by atoms with E-state index in [1.165, 1.54) is 37.6 Å². The molecule has 14 heteroatoms. The fourth-order valence-electron chi connectivity index (χ4n) is 9.60. The van der Waals surface area contributed by atoms with Gasteiger partial charge in [0, 0.05) is 91.1 Å². The van der Waals surface area contributed by atoms with Gasteiger partial charge in [-0.2, -0.15) is 0 Å². The van der Waals surface area contributed by atoms with E-state index in [-0.39, 0.29) is 11.7 Å². The van der Waals surface area contributed by atoms with Crippen LogP contribution >= 0.6 is 68.8 Å². The number of carbonyl (C=O) groups is 1. The third-order valence-corrected chi connectivity index (χ3v) is 17.6. The average molecular weight is 1050 g/mol. The minimum Gasteiger partial charge on any atom is -0.411 e. The summed E-state index contributed by atoms with van der Waals surface area (Å²) >= 11 is 23.0. The number of Topliss-reactive ketones (excluding diaryl/α,β-unsaturated/α-hetero) is 1. The summed E-state index contributed by atoms with van der Waals surface area (Å²) in [4.78, 5) is 31.1. The molecule has 12 rings (SSSR count). The first-order valence-electron chi connectivity index (χ1n) is 23.1. The van der Waals surface area contributed by atoms with Gasteiger partial charge in [0.25, 0.3) is 0 Å². The molecule has 2 N–H and O–H groups in total. The van der Waals surface area contributed by atoms with Crippen molar-refractivity contribution >= 4 is 86.0 Å². The van der Waals surface area contributed by atoms with Crippen molar-refractivity contribution in [2.75, 3.05) is 0 Å². The third-order valence-electron chi connectivity index (χ3n) is 13.1.